The molecule has 8 heteroatoms. The van der Waals surface area contributed by atoms with Gasteiger partial charge in [-0.1, -0.05) is 11.3 Å². The highest BCUT2D eigenvalue weighted by molar-refractivity contribution is 7.15. The minimum atomic E-state index is -4.32. The molecule has 0 atom stereocenters. The molecule has 2 heterocycles. The quantitative estimate of drug-likeness (QED) is 0.933. The van der Waals surface area contributed by atoms with Crippen LogP contribution in [0, 0.1) is 6.92 Å². The SMILES string of the molecule is Cc1ncsc1CNc1ncc(C(F)(F)F)s1. The van der Waals surface area contributed by atoms with Crippen LogP contribution < -0.4 is 5.32 Å². The van der Waals surface area contributed by atoms with E-state index in [2.05, 4.69) is 15.3 Å². The van der Waals surface area contributed by atoms with Gasteiger partial charge >= 0.3 is 6.18 Å². The number of thiazole rings is 2. The topological polar surface area (TPSA) is 37.8 Å². The van der Waals surface area contributed by atoms with Crippen LogP contribution in [0.15, 0.2) is 11.7 Å². The van der Waals surface area contributed by atoms with Crippen LogP contribution in [0.5, 0.6) is 0 Å². The van der Waals surface area contributed by atoms with Gasteiger partial charge in [-0.15, -0.1) is 11.3 Å². The van der Waals surface area contributed by atoms with E-state index in [-0.39, 0.29) is 5.13 Å². The third-order valence-corrected chi connectivity index (χ3v) is 3.97. The van der Waals surface area contributed by atoms with Gasteiger partial charge in [-0.3, -0.25) is 0 Å². The predicted molar refractivity (Wildman–Crippen MR) is 61.3 cm³/mol. The van der Waals surface area contributed by atoms with Crippen molar-refractivity contribution < 1.29 is 13.2 Å². The second kappa shape index (κ2) is 4.61. The molecule has 2 aromatic rings. The summed E-state index contributed by atoms with van der Waals surface area (Å²) in [7, 11) is 0. The van der Waals surface area contributed by atoms with Gasteiger partial charge in [0.1, 0.15) is 4.88 Å². The lowest BCUT2D eigenvalue weighted by molar-refractivity contribution is -0.134. The Bertz CT molecular complexity index is 504. The van der Waals surface area contributed by atoms with Crippen LogP contribution in [0.1, 0.15) is 15.4 Å². The molecule has 0 aliphatic heterocycles. The maximum atomic E-state index is 12.3. The van der Waals surface area contributed by atoms with Crippen molar-refractivity contribution in [3.8, 4) is 0 Å². The maximum Gasteiger partial charge on any atom is 0.427 e. The normalized spacial score (nSPS) is 11.8. The molecule has 0 spiro atoms. The molecule has 17 heavy (non-hydrogen) atoms. The summed E-state index contributed by atoms with van der Waals surface area (Å²) in [5.41, 5.74) is 2.59. The first kappa shape index (κ1) is 12.3. The summed E-state index contributed by atoms with van der Waals surface area (Å²) in [5, 5.41) is 3.13. The lowest BCUT2D eigenvalue weighted by Gasteiger charge is -2.01. The number of nitrogens with one attached hydrogen (secondary N) is 1. The van der Waals surface area contributed by atoms with Gasteiger partial charge in [0.2, 0.25) is 0 Å². The molecular weight excluding hydrogens is 271 g/mol. The second-order valence-corrected chi connectivity index (χ2v) is 5.21. The fourth-order valence-electron chi connectivity index (χ4n) is 1.14. The Balaban J connectivity index is 2.01. The van der Waals surface area contributed by atoms with Gasteiger partial charge in [0.05, 0.1) is 23.9 Å². The van der Waals surface area contributed by atoms with Crippen LogP contribution in [0.4, 0.5) is 18.3 Å². The Morgan fingerprint density at radius 2 is 2.12 bits per heavy atom. The van der Waals surface area contributed by atoms with E-state index in [1.807, 2.05) is 6.92 Å². The number of aryl methyl sites for hydroxylation is 1. The van der Waals surface area contributed by atoms with E-state index in [4.69, 9.17) is 0 Å². The number of alkyl halides is 3. The van der Waals surface area contributed by atoms with Gasteiger partial charge in [-0.2, -0.15) is 13.2 Å². The average Bonchev–Trinajstić information content (AvgIpc) is 2.82. The predicted octanol–water partition coefficient (Wildman–Crippen LogP) is 3.54. The zero-order valence-electron chi connectivity index (χ0n) is 8.71. The Kier molecular flexibility index (Phi) is 3.34. The lowest BCUT2D eigenvalue weighted by Crippen LogP contribution is -2.00. The Hall–Kier alpha value is -1.15. The van der Waals surface area contributed by atoms with Crippen molar-refractivity contribution in [1.82, 2.24) is 9.97 Å². The summed E-state index contributed by atoms with van der Waals surface area (Å²) < 4.78 is 36.9. The fraction of sp³-hybridized carbons (Fsp3) is 0.333. The van der Waals surface area contributed by atoms with Crippen LogP contribution in [0.2, 0.25) is 0 Å². The van der Waals surface area contributed by atoms with Crippen molar-refractivity contribution in [2.75, 3.05) is 5.32 Å². The fourth-order valence-corrected chi connectivity index (χ4v) is 2.53. The number of hydrogen-bond donors (Lipinski definition) is 1. The molecule has 2 aromatic heterocycles. The number of rotatable bonds is 3. The summed E-state index contributed by atoms with van der Waals surface area (Å²) in [6.45, 7) is 2.30. The Labute approximate surface area is 103 Å². The van der Waals surface area contributed by atoms with Gasteiger partial charge in [0.15, 0.2) is 5.13 Å². The van der Waals surface area contributed by atoms with Crippen molar-refractivity contribution >= 4 is 27.8 Å². The summed E-state index contributed by atoms with van der Waals surface area (Å²) in [6, 6.07) is 0. The first-order valence-electron chi connectivity index (χ1n) is 4.62. The zero-order valence-corrected chi connectivity index (χ0v) is 10.3. The smallest absolute Gasteiger partial charge is 0.357 e. The molecule has 0 bridgehead atoms. The molecule has 2 rings (SSSR count). The minimum absolute atomic E-state index is 0.269. The van der Waals surface area contributed by atoms with E-state index < -0.39 is 11.1 Å². The highest BCUT2D eigenvalue weighted by atomic mass is 32.1. The first-order chi connectivity index (χ1) is 7.97. The Morgan fingerprint density at radius 1 is 1.35 bits per heavy atom. The molecule has 0 aliphatic carbocycles. The van der Waals surface area contributed by atoms with Crippen molar-refractivity contribution in [2.45, 2.75) is 19.6 Å². The molecule has 0 unspecified atom stereocenters. The van der Waals surface area contributed by atoms with Crippen LogP contribution in [-0.2, 0) is 12.7 Å². The van der Waals surface area contributed by atoms with Crippen LogP contribution in [0.25, 0.3) is 0 Å². The molecule has 0 radical (unpaired) electrons. The summed E-state index contributed by atoms with van der Waals surface area (Å²) in [5.74, 6) is 0. The van der Waals surface area contributed by atoms with E-state index >= 15 is 0 Å². The first-order valence-corrected chi connectivity index (χ1v) is 6.32. The van der Waals surface area contributed by atoms with Crippen molar-refractivity contribution in [1.29, 1.82) is 0 Å². The second-order valence-electron chi connectivity index (χ2n) is 3.24. The highest BCUT2D eigenvalue weighted by Crippen LogP contribution is 2.35. The molecule has 0 amide bonds. The third kappa shape index (κ3) is 2.95. The van der Waals surface area contributed by atoms with E-state index in [1.165, 1.54) is 11.3 Å². The van der Waals surface area contributed by atoms with Gasteiger partial charge in [0, 0.05) is 4.88 Å². The van der Waals surface area contributed by atoms with Crippen LogP contribution >= 0.6 is 22.7 Å². The maximum absolute atomic E-state index is 12.3. The summed E-state index contributed by atoms with van der Waals surface area (Å²) >= 11 is 2.07. The largest absolute Gasteiger partial charge is 0.427 e. The van der Waals surface area contributed by atoms with E-state index in [9.17, 15) is 13.2 Å². The molecule has 1 N–H and O–H groups in total. The van der Waals surface area contributed by atoms with Gasteiger partial charge in [0.25, 0.3) is 0 Å². The number of nitrogens with zero attached hydrogens (tertiary/aromatic N) is 2. The van der Waals surface area contributed by atoms with E-state index in [0.717, 1.165) is 16.8 Å². The molecule has 0 saturated heterocycles. The molecule has 0 saturated carbocycles. The summed E-state index contributed by atoms with van der Waals surface area (Å²) in [4.78, 5) is 8.04. The minimum Gasteiger partial charge on any atom is -0.357 e. The molecule has 0 aliphatic rings. The Morgan fingerprint density at radius 3 is 2.65 bits per heavy atom. The highest BCUT2D eigenvalue weighted by Gasteiger charge is 2.33. The number of hydrogen-bond acceptors (Lipinski definition) is 5. The number of anilines is 1. The van der Waals surface area contributed by atoms with E-state index in [1.54, 1.807) is 5.51 Å². The van der Waals surface area contributed by atoms with Crippen molar-refractivity contribution in [3.05, 3.63) is 27.2 Å². The van der Waals surface area contributed by atoms with Crippen molar-refractivity contribution in [2.24, 2.45) is 0 Å². The number of aromatic nitrogens is 2. The molecule has 0 fully saturated rings. The molecule has 0 aromatic carbocycles. The number of halogens is 3. The average molecular weight is 279 g/mol. The third-order valence-electron chi connectivity index (χ3n) is 2.03. The van der Waals surface area contributed by atoms with Crippen LogP contribution in [0.3, 0.4) is 0 Å². The zero-order chi connectivity index (χ0) is 12.5. The van der Waals surface area contributed by atoms with E-state index in [0.29, 0.717) is 17.9 Å². The van der Waals surface area contributed by atoms with Gasteiger partial charge in [-0.25, -0.2) is 9.97 Å². The van der Waals surface area contributed by atoms with Gasteiger partial charge in [-0.05, 0) is 6.92 Å². The molecular formula is C9H8F3N3S2. The molecule has 92 valence electrons. The summed E-state index contributed by atoms with van der Waals surface area (Å²) in [6.07, 6.45) is -3.48. The van der Waals surface area contributed by atoms with Gasteiger partial charge < -0.3 is 5.32 Å². The monoisotopic (exact) mass is 279 g/mol. The van der Waals surface area contributed by atoms with Crippen molar-refractivity contribution in [3.63, 3.8) is 0 Å². The molecule has 3 nitrogen and oxygen atoms in total. The lowest BCUT2D eigenvalue weighted by atomic mass is 10.4. The standard InChI is InChI=1S/C9H8F3N3S2/c1-5-6(16-4-15-5)2-13-8-14-3-7(17-8)9(10,11)12/h3-4H,2H2,1H3,(H,13,14). The van der Waals surface area contributed by atoms with Crippen LogP contribution in [-0.4, -0.2) is 9.97 Å².